The molecule has 106 valence electrons. The molecule has 1 rings (SSSR count). The maximum absolute atomic E-state index is 13.0. The number of benzene rings is 1. The van der Waals surface area contributed by atoms with Crippen molar-refractivity contribution < 1.29 is 17.6 Å². The molecule has 0 aromatic heterocycles. The van der Waals surface area contributed by atoms with Crippen molar-refractivity contribution >= 4 is 21.6 Å². The van der Waals surface area contributed by atoms with E-state index in [1.165, 1.54) is 0 Å². The summed E-state index contributed by atoms with van der Waals surface area (Å²) in [4.78, 5) is 11.0. The normalized spacial score (nSPS) is 11.6. The van der Waals surface area contributed by atoms with Crippen LogP contribution in [0.5, 0.6) is 0 Å². The predicted molar refractivity (Wildman–Crippen MR) is 69.3 cm³/mol. The molecule has 0 saturated heterocycles. The molecule has 0 fully saturated rings. The number of anilines is 1. The van der Waals surface area contributed by atoms with E-state index in [9.17, 15) is 17.6 Å². The summed E-state index contributed by atoms with van der Waals surface area (Å²) in [5.41, 5.74) is 5.39. The number of hydrogen-bond donors (Lipinski definition) is 3. The standard InChI is InChI=1S/C11H16FN3O3S/c1-7(2)15-11(16)6-14-19(17,18)10-5-8(12)3-4-9(10)13/h3-5,7,14H,6,13H2,1-2H3,(H,15,16). The van der Waals surface area contributed by atoms with Gasteiger partial charge in [-0.3, -0.25) is 4.79 Å². The van der Waals surface area contributed by atoms with E-state index in [4.69, 9.17) is 5.73 Å². The Labute approximate surface area is 111 Å². The highest BCUT2D eigenvalue weighted by Gasteiger charge is 2.19. The van der Waals surface area contributed by atoms with Crippen molar-refractivity contribution in [3.8, 4) is 0 Å². The molecule has 1 aromatic rings. The Morgan fingerprint density at radius 3 is 2.63 bits per heavy atom. The number of amides is 1. The summed E-state index contributed by atoms with van der Waals surface area (Å²) in [5, 5.41) is 2.52. The van der Waals surface area contributed by atoms with Crippen molar-refractivity contribution in [1.29, 1.82) is 0 Å². The summed E-state index contributed by atoms with van der Waals surface area (Å²) >= 11 is 0. The molecule has 1 amide bonds. The molecule has 0 aliphatic rings. The first-order valence-electron chi connectivity index (χ1n) is 5.56. The van der Waals surface area contributed by atoms with Crippen molar-refractivity contribution in [2.24, 2.45) is 0 Å². The second-order valence-corrected chi connectivity index (χ2v) is 5.96. The lowest BCUT2D eigenvalue weighted by Gasteiger charge is -2.11. The van der Waals surface area contributed by atoms with Gasteiger partial charge in [-0.25, -0.2) is 17.5 Å². The molecule has 0 spiro atoms. The first-order chi connectivity index (χ1) is 8.72. The minimum atomic E-state index is -4.02. The molecule has 0 aliphatic carbocycles. The SMILES string of the molecule is CC(C)NC(=O)CNS(=O)(=O)c1cc(F)ccc1N. The number of nitrogens with two attached hydrogens (primary N) is 1. The monoisotopic (exact) mass is 289 g/mol. The zero-order chi connectivity index (χ0) is 14.6. The van der Waals surface area contributed by atoms with Crippen LogP contribution in [-0.2, 0) is 14.8 Å². The molecular weight excluding hydrogens is 273 g/mol. The van der Waals surface area contributed by atoms with E-state index in [0.717, 1.165) is 18.2 Å². The smallest absolute Gasteiger partial charge is 0.243 e. The van der Waals surface area contributed by atoms with Gasteiger partial charge in [0.05, 0.1) is 12.2 Å². The summed E-state index contributed by atoms with van der Waals surface area (Å²) < 4.78 is 38.8. The molecule has 0 aliphatic heterocycles. The number of halogens is 1. The molecule has 6 nitrogen and oxygen atoms in total. The Hall–Kier alpha value is -1.67. The molecule has 0 atom stereocenters. The van der Waals surface area contributed by atoms with E-state index in [1.54, 1.807) is 13.8 Å². The minimum absolute atomic E-state index is 0.0850. The van der Waals surface area contributed by atoms with Crippen LogP contribution in [-0.4, -0.2) is 26.9 Å². The van der Waals surface area contributed by atoms with Crippen molar-refractivity contribution in [3.63, 3.8) is 0 Å². The third-order valence-corrected chi connectivity index (χ3v) is 3.59. The van der Waals surface area contributed by atoms with E-state index < -0.39 is 28.3 Å². The summed E-state index contributed by atoms with van der Waals surface area (Å²) in [5.74, 6) is -1.20. The lowest BCUT2D eigenvalue weighted by molar-refractivity contribution is -0.120. The summed E-state index contributed by atoms with van der Waals surface area (Å²) in [6.45, 7) is 3.06. The number of rotatable bonds is 5. The summed E-state index contributed by atoms with van der Waals surface area (Å²) in [6.07, 6.45) is 0. The second-order valence-electron chi connectivity index (χ2n) is 4.23. The van der Waals surface area contributed by atoms with Crippen LogP contribution in [0.2, 0.25) is 0 Å². The van der Waals surface area contributed by atoms with Gasteiger partial charge in [0.15, 0.2) is 0 Å². The zero-order valence-electron chi connectivity index (χ0n) is 10.6. The molecular formula is C11H16FN3O3S. The van der Waals surface area contributed by atoms with Gasteiger partial charge in [-0.05, 0) is 32.0 Å². The van der Waals surface area contributed by atoms with Gasteiger partial charge in [-0.1, -0.05) is 0 Å². The number of hydrogen-bond acceptors (Lipinski definition) is 4. The van der Waals surface area contributed by atoms with Crippen molar-refractivity contribution in [2.75, 3.05) is 12.3 Å². The van der Waals surface area contributed by atoms with Gasteiger partial charge in [-0.2, -0.15) is 0 Å². The lowest BCUT2D eigenvalue weighted by atomic mass is 10.3. The number of sulfonamides is 1. The van der Waals surface area contributed by atoms with Crippen LogP contribution in [0.1, 0.15) is 13.8 Å². The first kappa shape index (κ1) is 15.4. The van der Waals surface area contributed by atoms with Crippen LogP contribution in [0, 0.1) is 5.82 Å². The van der Waals surface area contributed by atoms with Crippen LogP contribution in [0.4, 0.5) is 10.1 Å². The fraction of sp³-hybridized carbons (Fsp3) is 0.364. The Bertz CT molecular complexity index is 573. The number of nitrogens with one attached hydrogen (secondary N) is 2. The van der Waals surface area contributed by atoms with Crippen LogP contribution < -0.4 is 15.8 Å². The Kier molecular flexibility index (Phi) is 4.84. The molecule has 1 aromatic carbocycles. The highest BCUT2D eigenvalue weighted by atomic mass is 32.2. The van der Waals surface area contributed by atoms with Gasteiger partial charge in [-0.15, -0.1) is 0 Å². The predicted octanol–water partition coefficient (Wildman–Crippen LogP) is 0.211. The fourth-order valence-corrected chi connectivity index (χ4v) is 2.47. The van der Waals surface area contributed by atoms with Crippen LogP contribution >= 0.6 is 0 Å². The minimum Gasteiger partial charge on any atom is -0.398 e. The average molecular weight is 289 g/mol. The Morgan fingerprint density at radius 2 is 2.05 bits per heavy atom. The molecule has 0 heterocycles. The number of carbonyl (C=O) groups is 1. The van der Waals surface area contributed by atoms with Gasteiger partial charge < -0.3 is 11.1 Å². The van der Waals surface area contributed by atoms with E-state index in [1.807, 2.05) is 0 Å². The molecule has 0 bridgehead atoms. The topological polar surface area (TPSA) is 101 Å². The molecule has 0 unspecified atom stereocenters. The fourth-order valence-electron chi connectivity index (χ4n) is 1.35. The van der Waals surface area contributed by atoms with Gasteiger partial charge in [0.1, 0.15) is 10.7 Å². The van der Waals surface area contributed by atoms with Gasteiger partial charge in [0.2, 0.25) is 15.9 Å². The zero-order valence-corrected chi connectivity index (χ0v) is 11.4. The third-order valence-electron chi connectivity index (χ3n) is 2.14. The van der Waals surface area contributed by atoms with E-state index in [0.29, 0.717) is 0 Å². The van der Waals surface area contributed by atoms with Crippen molar-refractivity contribution in [2.45, 2.75) is 24.8 Å². The van der Waals surface area contributed by atoms with Crippen LogP contribution in [0.15, 0.2) is 23.1 Å². The van der Waals surface area contributed by atoms with Gasteiger partial charge in [0.25, 0.3) is 0 Å². The maximum Gasteiger partial charge on any atom is 0.243 e. The van der Waals surface area contributed by atoms with E-state index >= 15 is 0 Å². The highest BCUT2D eigenvalue weighted by molar-refractivity contribution is 7.89. The highest BCUT2D eigenvalue weighted by Crippen LogP contribution is 2.18. The Balaban J connectivity index is 2.82. The van der Waals surface area contributed by atoms with Crippen molar-refractivity contribution in [3.05, 3.63) is 24.0 Å². The van der Waals surface area contributed by atoms with Crippen LogP contribution in [0.25, 0.3) is 0 Å². The average Bonchev–Trinajstić information content (AvgIpc) is 2.29. The van der Waals surface area contributed by atoms with Gasteiger partial charge >= 0.3 is 0 Å². The largest absolute Gasteiger partial charge is 0.398 e. The molecule has 8 heteroatoms. The molecule has 0 saturated carbocycles. The lowest BCUT2D eigenvalue weighted by Crippen LogP contribution is -2.39. The van der Waals surface area contributed by atoms with E-state index in [-0.39, 0.29) is 16.6 Å². The maximum atomic E-state index is 13.0. The van der Waals surface area contributed by atoms with Crippen molar-refractivity contribution in [1.82, 2.24) is 10.0 Å². The second kappa shape index (κ2) is 5.98. The first-order valence-corrected chi connectivity index (χ1v) is 7.05. The van der Waals surface area contributed by atoms with Crippen LogP contribution in [0.3, 0.4) is 0 Å². The molecule has 4 N–H and O–H groups in total. The van der Waals surface area contributed by atoms with Gasteiger partial charge in [0, 0.05) is 6.04 Å². The molecule has 0 radical (unpaired) electrons. The summed E-state index contributed by atoms with van der Waals surface area (Å²) in [7, 11) is -4.02. The number of carbonyl (C=O) groups excluding carboxylic acids is 1. The number of nitrogen functional groups attached to an aromatic ring is 1. The summed E-state index contributed by atoms with van der Waals surface area (Å²) in [6, 6.07) is 2.91. The third kappa shape index (κ3) is 4.49. The van der Waals surface area contributed by atoms with E-state index in [2.05, 4.69) is 10.0 Å². The quantitative estimate of drug-likeness (QED) is 0.674. The molecule has 19 heavy (non-hydrogen) atoms. The Morgan fingerprint density at radius 1 is 1.42 bits per heavy atom.